The fourth-order valence-electron chi connectivity index (χ4n) is 2.50. The third-order valence-electron chi connectivity index (χ3n) is 3.47. The zero-order valence-corrected chi connectivity index (χ0v) is 11.2. The van der Waals surface area contributed by atoms with Gasteiger partial charge < -0.3 is 11.1 Å². The lowest BCUT2D eigenvalue weighted by molar-refractivity contribution is 0.625. The second-order valence-electron chi connectivity index (χ2n) is 5.13. The molecule has 3 N–H and O–H groups in total. The predicted molar refractivity (Wildman–Crippen MR) is 76.8 cm³/mol. The molecule has 0 heterocycles. The Hall–Kier alpha value is -1.51. The molecule has 1 aliphatic carbocycles. The van der Waals surface area contributed by atoms with Crippen molar-refractivity contribution in [3.63, 3.8) is 0 Å². The van der Waals surface area contributed by atoms with Crippen molar-refractivity contribution in [1.29, 1.82) is 0 Å². The molecule has 0 spiro atoms. The van der Waals surface area contributed by atoms with Gasteiger partial charge in [0.1, 0.15) is 0 Å². The van der Waals surface area contributed by atoms with Crippen LogP contribution in [0.2, 0.25) is 0 Å². The van der Waals surface area contributed by atoms with Gasteiger partial charge in [0.2, 0.25) is 0 Å². The molecular weight excluding hydrogens is 222 g/mol. The van der Waals surface area contributed by atoms with Gasteiger partial charge in [-0.15, -0.1) is 0 Å². The van der Waals surface area contributed by atoms with Gasteiger partial charge in [-0.25, -0.2) is 0 Å². The first-order chi connectivity index (χ1) is 8.74. The van der Waals surface area contributed by atoms with E-state index in [1.165, 1.54) is 36.8 Å². The van der Waals surface area contributed by atoms with Crippen molar-refractivity contribution in [2.24, 2.45) is 10.7 Å². The highest BCUT2D eigenvalue weighted by atomic mass is 15.1. The molecule has 18 heavy (non-hydrogen) atoms. The Labute approximate surface area is 109 Å². The quantitative estimate of drug-likeness (QED) is 0.632. The molecule has 0 aromatic heterocycles. The van der Waals surface area contributed by atoms with Crippen LogP contribution in [0.3, 0.4) is 0 Å². The summed E-state index contributed by atoms with van der Waals surface area (Å²) < 4.78 is 0. The summed E-state index contributed by atoms with van der Waals surface area (Å²) in [4.78, 5) is 4.40. The van der Waals surface area contributed by atoms with E-state index in [1.54, 1.807) is 0 Å². The van der Waals surface area contributed by atoms with E-state index in [0.717, 1.165) is 13.0 Å². The summed E-state index contributed by atoms with van der Waals surface area (Å²) in [6.45, 7) is 2.87. The first-order valence-corrected chi connectivity index (χ1v) is 6.86. The highest BCUT2D eigenvalue weighted by molar-refractivity contribution is 5.78. The fraction of sp³-hybridized carbons (Fsp3) is 0.533. The Morgan fingerprint density at radius 3 is 2.89 bits per heavy atom. The number of aryl methyl sites for hydroxylation is 1. The lowest BCUT2D eigenvalue weighted by atomic mass is 10.1. The van der Waals surface area contributed by atoms with E-state index in [9.17, 15) is 0 Å². The second-order valence-corrected chi connectivity index (χ2v) is 5.13. The molecule has 1 aromatic carbocycles. The van der Waals surface area contributed by atoms with Gasteiger partial charge in [-0.1, -0.05) is 42.7 Å². The smallest absolute Gasteiger partial charge is 0.188 e. The summed E-state index contributed by atoms with van der Waals surface area (Å²) in [5.41, 5.74) is 8.51. The van der Waals surface area contributed by atoms with E-state index in [2.05, 4.69) is 41.5 Å². The van der Waals surface area contributed by atoms with Crippen LogP contribution in [0.5, 0.6) is 0 Å². The molecule has 0 radical (unpaired) electrons. The Balaban J connectivity index is 1.76. The summed E-state index contributed by atoms with van der Waals surface area (Å²) in [7, 11) is 0. The van der Waals surface area contributed by atoms with Gasteiger partial charge in [-0.05, 0) is 31.7 Å². The minimum Gasteiger partial charge on any atom is -0.370 e. The van der Waals surface area contributed by atoms with E-state index >= 15 is 0 Å². The molecule has 0 saturated heterocycles. The lowest BCUT2D eigenvalue weighted by Gasteiger charge is -2.12. The highest BCUT2D eigenvalue weighted by Gasteiger charge is 2.14. The number of aliphatic imine (C=N–C) groups is 1. The number of guanidine groups is 1. The first kappa shape index (κ1) is 12.9. The van der Waals surface area contributed by atoms with Gasteiger partial charge in [0.25, 0.3) is 0 Å². The van der Waals surface area contributed by atoms with Gasteiger partial charge >= 0.3 is 0 Å². The molecule has 1 fully saturated rings. The van der Waals surface area contributed by atoms with E-state index in [1.807, 2.05) is 0 Å². The van der Waals surface area contributed by atoms with Crippen LogP contribution in [-0.4, -0.2) is 18.5 Å². The maximum atomic E-state index is 5.89. The van der Waals surface area contributed by atoms with Crippen LogP contribution in [-0.2, 0) is 6.42 Å². The molecule has 2 rings (SSSR count). The topological polar surface area (TPSA) is 50.4 Å². The Bertz CT molecular complexity index is 406. The third kappa shape index (κ3) is 4.06. The minimum absolute atomic E-state index is 0.549. The molecule has 3 nitrogen and oxygen atoms in total. The van der Waals surface area contributed by atoms with Crippen LogP contribution >= 0.6 is 0 Å². The molecule has 1 aromatic rings. The standard InChI is InChI=1S/C15H23N3/c1-12-5-4-6-13(11-12)9-10-17-15(16)18-14-7-2-3-8-14/h4-6,11,14H,2-3,7-10H2,1H3,(H3,16,17,18). The number of hydrogen-bond donors (Lipinski definition) is 2. The number of nitrogens with zero attached hydrogens (tertiary/aromatic N) is 1. The summed E-state index contributed by atoms with van der Waals surface area (Å²) in [5.74, 6) is 0.606. The van der Waals surface area contributed by atoms with Crippen molar-refractivity contribution in [3.8, 4) is 0 Å². The molecule has 0 atom stereocenters. The van der Waals surface area contributed by atoms with E-state index in [4.69, 9.17) is 5.73 Å². The van der Waals surface area contributed by atoms with Crippen LogP contribution in [0.25, 0.3) is 0 Å². The van der Waals surface area contributed by atoms with Crippen LogP contribution in [0.1, 0.15) is 36.8 Å². The largest absolute Gasteiger partial charge is 0.370 e. The summed E-state index contributed by atoms with van der Waals surface area (Å²) in [5, 5.41) is 3.30. The van der Waals surface area contributed by atoms with Crippen molar-refractivity contribution in [2.75, 3.05) is 6.54 Å². The molecule has 98 valence electrons. The maximum Gasteiger partial charge on any atom is 0.188 e. The summed E-state index contributed by atoms with van der Waals surface area (Å²) in [6.07, 6.45) is 6.04. The summed E-state index contributed by atoms with van der Waals surface area (Å²) >= 11 is 0. The zero-order valence-electron chi connectivity index (χ0n) is 11.2. The van der Waals surface area contributed by atoms with Crippen LogP contribution in [0.4, 0.5) is 0 Å². The zero-order chi connectivity index (χ0) is 12.8. The van der Waals surface area contributed by atoms with E-state index in [-0.39, 0.29) is 0 Å². The van der Waals surface area contributed by atoms with Crippen molar-refractivity contribution in [1.82, 2.24) is 5.32 Å². The Morgan fingerprint density at radius 1 is 1.39 bits per heavy atom. The van der Waals surface area contributed by atoms with Gasteiger partial charge in [-0.2, -0.15) is 0 Å². The average Bonchev–Trinajstić information content (AvgIpc) is 2.82. The molecule has 0 aliphatic heterocycles. The van der Waals surface area contributed by atoms with Crippen molar-refractivity contribution in [2.45, 2.75) is 45.1 Å². The molecule has 1 aliphatic rings. The number of rotatable bonds is 4. The van der Waals surface area contributed by atoms with Gasteiger partial charge in [-0.3, -0.25) is 4.99 Å². The molecule has 0 bridgehead atoms. The Kier molecular flexibility index (Phi) is 4.62. The average molecular weight is 245 g/mol. The Morgan fingerprint density at radius 2 is 2.17 bits per heavy atom. The van der Waals surface area contributed by atoms with Crippen molar-refractivity contribution < 1.29 is 0 Å². The van der Waals surface area contributed by atoms with Crippen LogP contribution in [0.15, 0.2) is 29.3 Å². The molecule has 0 amide bonds. The first-order valence-electron chi connectivity index (χ1n) is 6.86. The third-order valence-corrected chi connectivity index (χ3v) is 3.47. The van der Waals surface area contributed by atoms with E-state index in [0.29, 0.717) is 12.0 Å². The van der Waals surface area contributed by atoms with Crippen molar-refractivity contribution >= 4 is 5.96 Å². The molecular formula is C15H23N3. The van der Waals surface area contributed by atoms with Gasteiger partial charge in [0, 0.05) is 12.6 Å². The van der Waals surface area contributed by atoms with Crippen LogP contribution in [0, 0.1) is 6.92 Å². The van der Waals surface area contributed by atoms with Gasteiger partial charge in [0.05, 0.1) is 0 Å². The highest BCUT2D eigenvalue weighted by Crippen LogP contribution is 2.17. The predicted octanol–water partition coefficient (Wildman–Crippen LogP) is 2.38. The minimum atomic E-state index is 0.549. The molecule has 3 heteroatoms. The lowest BCUT2D eigenvalue weighted by Crippen LogP contribution is -2.38. The van der Waals surface area contributed by atoms with Crippen molar-refractivity contribution in [3.05, 3.63) is 35.4 Å². The second kappa shape index (κ2) is 6.43. The van der Waals surface area contributed by atoms with E-state index < -0.39 is 0 Å². The number of hydrogen-bond acceptors (Lipinski definition) is 1. The normalized spacial score (nSPS) is 17.1. The van der Waals surface area contributed by atoms with Crippen LogP contribution < -0.4 is 11.1 Å². The molecule has 0 unspecified atom stereocenters. The molecule has 1 saturated carbocycles. The SMILES string of the molecule is Cc1cccc(CCN=C(N)NC2CCCC2)c1. The number of benzene rings is 1. The number of nitrogens with two attached hydrogens (primary N) is 1. The number of nitrogens with one attached hydrogen (secondary N) is 1. The summed E-state index contributed by atoms with van der Waals surface area (Å²) in [6, 6.07) is 9.10. The fourth-order valence-corrected chi connectivity index (χ4v) is 2.50. The monoisotopic (exact) mass is 245 g/mol. The van der Waals surface area contributed by atoms with Gasteiger partial charge in [0.15, 0.2) is 5.96 Å². The maximum absolute atomic E-state index is 5.89.